The number of hydrogen-bond acceptors (Lipinski definition) is 5. The molecule has 0 atom stereocenters. The van der Waals surface area contributed by atoms with E-state index in [0.29, 0.717) is 6.54 Å². The average molecular weight is 278 g/mol. The van der Waals surface area contributed by atoms with Crippen molar-refractivity contribution in [3.8, 4) is 0 Å². The van der Waals surface area contributed by atoms with Crippen LogP contribution in [-0.4, -0.2) is 36.9 Å². The van der Waals surface area contributed by atoms with E-state index < -0.39 is 4.92 Å². The van der Waals surface area contributed by atoms with E-state index >= 15 is 0 Å². The molecule has 1 N–H and O–H groups in total. The van der Waals surface area contributed by atoms with Crippen LogP contribution in [0.5, 0.6) is 0 Å². The Labute approximate surface area is 114 Å². The maximum atomic E-state index is 11.6. The smallest absolute Gasteiger partial charge is 0.358 e. The summed E-state index contributed by atoms with van der Waals surface area (Å²) in [7, 11) is 0. The van der Waals surface area contributed by atoms with Gasteiger partial charge in [0.1, 0.15) is 6.54 Å². The first-order valence-electron chi connectivity index (χ1n) is 6.07. The fourth-order valence-electron chi connectivity index (χ4n) is 1.64. The second-order valence-electron chi connectivity index (χ2n) is 4.10. The zero-order valence-electron chi connectivity index (χ0n) is 10.7. The molecule has 0 saturated carbocycles. The number of aromatic nitrogens is 4. The van der Waals surface area contributed by atoms with Gasteiger partial charge >= 0.3 is 5.82 Å². The Kier molecular flexibility index (Phi) is 4.43. The topological polar surface area (TPSA) is 108 Å². The molecule has 0 bridgehead atoms. The minimum absolute atomic E-state index is 0.0321. The zero-order valence-corrected chi connectivity index (χ0v) is 10.7. The Balaban J connectivity index is 1.68. The fraction of sp³-hybridized carbons (Fsp3) is 0.364. The van der Waals surface area contributed by atoms with Crippen LogP contribution in [0.3, 0.4) is 0 Å². The second kappa shape index (κ2) is 6.45. The van der Waals surface area contributed by atoms with Crippen molar-refractivity contribution in [2.24, 2.45) is 0 Å². The minimum atomic E-state index is -0.599. The first kappa shape index (κ1) is 13.7. The molecule has 9 nitrogen and oxygen atoms in total. The maximum Gasteiger partial charge on any atom is 0.389 e. The zero-order chi connectivity index (χ0) is 14.4. The van der Waals surface area contributed by atoms with Gasteiger partial charge in [0.15, 0.2) is 0 Å². The molecule has 2 heterocycles. The lowest BCUT2D eigenvalue weighted by atomic mass is 10.4. The summed E-state index contributed by atoms with van der Waals surface area (Å²) in [5.74, 6) is -0.500. The number of amides is 1. The monoisotopic (exact) mass is 278 g/mol. The number of rotatable bonds is 7. The van der Waals surface area contributed by atoms with E-state index in [2.05, 4.69) is 15.5 Å². The van der Waals surface area contributed by atoms with Gasteiger partial charge in [-0.3, -0.25) is 9.48 Å². The van der Waals surface area contributed by atoms with Crippen molar-refractivity contribution < 1.29 is 9.72 Å². The van der Waals surface area contributed by atoms with Crippen LogP contribution in [0.15, 0.2) is 30.7 Å². The van der Waals surface area contributed by atoms with Gasteiger partial charge in [-0.2, -0.15) is 9.78 Å². The van der Waals surface area contributed by atoms with Crippen molar-refractivity contribution in [3.63, 3.8) is 0 Å². The Morgan fingerprint density at radius 1 is 1.40 bits per heavy atom. The number of nitrogens with zero attached hydrogens (tertiary/aromatic N) is 5. The van der Waals surface area contributed by atoms with E-state index in [1.807, 2.05) is 12.3 Å². The average Bonchev–Trinajstić information content (AvgIpc) is 3.05. The summed E-state index contributed by atoms with van der Waals surface area (Å²) in [6.07, 6.45) is 5.71. The van der Waals surface area contributed by atoms with Crippen LogP contribution in [0, 0.1) is 10.1 Å². The molecule has 2 aromatic rings. The van der Waals surface area contributed by atoms with Gasteiger partial charge in [0.25, 0.3) is 0 Å². The molecule has 106 valence electrons. The van der Waals surface area contributed by atoms with Gasteiger partial charge in [0.05, 0.1) is 17.4 Å². The van der Waals surface area contributed by atoms with Crippen molar-refractivity contribution >= 4 is 11.7 Å². The van der Waals surface area contributed by atoms with E-state index in [1.165, 1.54) is 16.9 Å². The summed E-state index contributed by atoms with van der Waals surface area (Å²) in [5, 5.41) is 20.9. The van der Waals surface area contributed by atoms with Crippen LogP contribution in [0.25, 0.3) is 0 Å². The van der Waals surface area contributed by atoms with E-state index in [0.717, 1.165) is 13.0 Å². The van der Waals surface area contributed by atoms with Crippen LogP contribution in [0.4, 0.5) is 5.82 Å². The van der Waals surface area contributed by atoms with Crippen LogP contribution in [0.1, 0.15) is 6.42 Å². The number of nitrogens with one attached hydrogen (secondary N) is 1. The molecular formula is C11H14N6O3. The summed E-state index contributed by atoms with van der Waals surface area (Å²) in [5.41, 5.74) is 0. The van der Waals surface area contributed by atoms with Crippen molar-refractivity contribution in [1.82, 2.24) is 24.9 Å². The quantitative estimate of drug-likeness (QED) is 0.442. The molecule has 0 fully saturated rings. The summed E-state index contributed by atoms with van der Waals surface area (Å²) in [4.78, 5) is 21.4. The van der Waals surface area contributed by atoms with E-state index in [-0.39, 0.29) is 18.3 Å². The van der Waals surface area contributed by atoms with Gasteiger partial charge < -0.3 is 15.4 Å². The van der Waals surface area contributed by atoms with Gasteiger partial charge in [-0.1, -0.05) is 0 Å². The van der Waals surface area contributed by atoms with Gasteiger partial charge in [0, 0.05) is 25.5 Å². The standard InChI is InChI=1S/C11H14N6O3/c18-11(9-16-8-3-10(14-16)17(19)20)12-4-1-6-15-7-2-5-13-15/h2-3,5,7-8H,1,4,6,9H2,(H,12,18). The van der Waals surface area contributed by atoms with Gasteiger partial charge in [-0.25, -0.2) is 0 Å². The highest BCUT2D eigenvalue weighted by molar-refractivity contribution is 5.75. The molecule has 0 spiro atoms. The molecule has 9 heteroatoms. The summed E-state index contributed by atoms with van der Waals surface area (Å²) in [6.45, 7) is 1.21. The SMILES string of the molecule is O=C(Cn1ccc([N+](=O)[O-])n1)NCCCn1cccn1. The summed E-state index contributed by atoms with van der Waals surface area (Å²) < 4.78 is 3.02. The number of aryl methyl sites for hydroxylation is 1. The third-order valence-corrected chi connectivity index (χ3v) is 2.56. The minimum Gasteiger partial charge on any atom is -0.358 e. The van der Waals surface area contributed by atoms with Crippen LogP contribution in [-0.2, 0) is 17.9 Å². The third kappa shape index (κ3) is 3.90. The predicted molar refractivity (Wildman–Crippen MR) is 68.7 cm³/mol. The molecule has 0 saturated heterocycles. The number of hydrogen-bond donors (Lipinski definition) is 1. The lowest BCUT2D eigenvalue weighted by Crippen LogP contribution is -2.29. The van der Waals surface area contributed by atoms with Crippen LogP contribution < -0.4 is 5.32 Å². The lowest BCUT2D eigenvalue weighted by Gasteiger charge is -2.04. The molecule has 0 aliphatic rings. The van der Waals surface area contributed by atoms with Crippen molar-refractivity contribution in [2.75, 3.05) is 6.54 Å². The summed E-state index contributed by atoms with van der Waals surface area (Å²) in [6, 6.07) is 3.09. The van der Waals surface area contributed by atoms with Crippen LogP contribution in [0.2, 0.25) is 0 Å². The van der Waals surface area contributed by atoms with Gasteiger partial charge in [0.2, 0.25) is 5.91 Å². The number of carbonyl (C=O) groups excluding carboxylic acids is 1. The molecule has 0 aromatic carbocycles. The first-order valence-corrected chi connectivity index (χ1v) is 6.07. The first-order chi connectivity index (χ1) is 9.65. The molecular weight excluding hydrogens is 264 g/mol. The number of carbonyl (C=O) groups is 1. The highest BCUT2D eigenvalue weighted by Crippen LogP contribution is 2.04. The third-order valence-electron chi connectivity index (χ3n) is 2.56. The van der Waals surface area contributed by atoms with Crippen molar-refractivity contribution in [2.45, 2.75) is 19.5 Å². The molecule has 2 aromatic heterocycles. The van der Waals surface area contributed by atoms with Crippen molar-refractivity contribution in [1.29, 1.82) is 0 Å². The molecule has 0 unspecified atom stereocenters. The molecule has 20 heavy (non-hydrogen) atoms. The molecule has 2 rings (SSSR count). The molecule has 0 radical (unpaired) electrons. The molecule has 1 amide bonds. The maximum absolute atomic E-state index is 11.6. The molecule has 0 aliphatic heterocycles. The highest BCUT2D eigenvalue weighted by Gasteiger charge is 2.12. The van der Waals surface area contributed by atoms with Crippen LogP contribution >= 0.6 is 0 Å². The van der Waals surface area contributed by atoms with E-state index in [4.69, 9.17) is 0 Å². The van der Waals surface area contributed by atoms with Gasteiger partial charge in [-0.15, -0.1) is 0 Å². The van der Waals surface area contributed by atoms with E-state index in [1.54, 1.807) is 10.9 Å². The normalized spacial score (nSPS) is 10.4. The lowest BCUT2D eigenvalue weighted by molar-refractivity contribution is -0.389. The largest absolute Gasteiger partial charge is 0.389 e. The Hall–Kier alpha value is -2.71. The summed E-state index contributed by atoms with van der Waals surface area (Å²) >= 11 is 0. The highest BCUT2D eigenvalue weighted by atomic mass is 16.6. The van der Waals surface area contributed by atoms with E-state index in [9.17, 15) is 14.9 Å². The fourth-order valence-corrected chi connectivity index (χ4v) is 1.64. The van der Waals surface area contributed by atoms with Crippen molar-refractivity contribution in [3.05, 3.63) is 40.8 Å². The Morgan fingerprint density at radius 3 is 2.90 bits per heavy atom. The molecule has 0 aliphatic carbocycles. The Morgan fingerprint density at radius 2 is 2.25 bits per heavy atom. The Bertz CT molecular complexity index is 577. The number of nitro groups is 1. The second-order valence-corrected chi connectivity index (χ2v) is 4.10. The predicted octanol–water partition coefficient (Wildman–Crippen LogP) is 0.194. The van der Waals surface area contributed by atoms with Gasteiger partial charge in [-0.05, 0) is 17.4 Å².